The predicted octanol–water partition coefficient (Wildman–Crippen LogP) is 2.64. The van der Waals surface area contributed by atoms with E-state index in [4.69, 9.17) is 0 Å². The van der Waals surface area contributed by atoms with Gasteiger partial charge in [0.25, 0.3) is 17.4 Å². The maximum Gasteiger partial charge on any atom is 0.272 e. The van der Waals surface area contributed by atoms with Gasteiger partial charge in [0, 0.05) is 16.5 Å². The molecule has 1 unspecified atom stereocenters. The van der Waals surface area contributed by atoms with Crippen LogP contribution in [0.3, 0.4) is 0 Å². The van der Waals surface area contributed by atoms with Crippen LogP contribution in [-0.2, 0) is 4.79 Å². The third-order valence-electron chi connectivity index (χ3n) is 5.17. The van der Waals surface area contributed by atoms with Gasteiger partial charge in [-0.1, -0.05) is 48.5 Å². The summed E-state index contributed by atoms with van der Waals surface area (Å²) in [6.45, 7) is 1.67. The largest absolute Gasteiger partial charge is 0.508 e. The van der Waals surface area contributed by atoms with E-state index in [1.807, 2.05) is 0 Å². The standard InChI is InChI=1S/C25H21N5O4/c1-15(17-10-7-11-18(31)14-17)27-30-25(34)22(26-23(32)16-8-3-2-4-9-16)21-19-12-5-6-13-20(19)24(33)29-28-21/h2-14,22,31H,1H3,(H,26,32)(H,29,33)(H,30,34)/b27-15+. The van der Waals surface area contributed by atoms with Gasteiger partial charge in [-0.15, -0.1) is 0 Å². The number of hydrogen-bond acceptors (Lipinski definition) is 6. The van der Waals surface area contributed by atoms with Crippen molar-refractivity contribution in [2.45, 2.75) is 13.0 Å². The molecule has 0 bridgehead atoms. The number of carbonyl (C=O) groups is 2. The Balaban J connectivity index is 1.70. The van der Waals surface area contributed by atoms with Crippen molar-refractivity contribution in [1.29, 1.82) is 0 Å². The number of aromatic hydroxyl groups is 1. The smallest absolute Gasteiger partial charge is 0.272 e. The molecule has 0 aliphatic rings. The molecule has 3 aromatic carbocycles. The molecule has 4 aromatic rings. The van der Waals surface area contributed by atoms with Gasteiger partial charge in [-0.2, -0.15) is 10.2 Å². The Morgan fingerprint density at radius 2 is 1.62 bits per heavy atom. The molecule has 170 valence electrons. The summed E-state index contributed by atoms with van der Waals surface area (Å²) in [7, 11) is 0. The number of nitrogens with zero attached hydrogens (tertiary/aromatic N) is 2. The topological polar surface area (TPSA) is 137 Å². The van der Waals surface area contributed by atoms with Crippen molar-refractivity contribution in [2.75, 3.05) is 0 Å². The Bertz CT molecular complexity index is 1450. The van der Waals surface area contributed by atoms with E-state index in [1.165, 1.54) is 12.1 Å². The number of hydrazone groups is 1. The van der Waals surface area contributed by atoms with Crippen LogP contribution in [0.4, 0.5) is 0 Å². The summed E-state index contributed by atoms with van der Waals surface area (Å²) >= 11 is 0. The van der Waals surface area contributed by atoms with Gasteiger partial charge < -0.3 is 10.4 Å². The van der Waals surface area contributed by atoms with Gasteiger partial charge in [-0.25, -0.2) is 10.5 Å². The molecule has 34 heavy (non-hydrogen) atoms. The van der Waals surface area contributed by atoms with E-state index in [0.717, 1.165) is 0 Å². The number of benzene rings is 3. The van der Waals surface area contributed by atoms with Gasteiger partial charge in [-0.05, 0) is 37.3 Å². The van der Waals surface area contributed by atoms with Gasteiger partial charge in [0.15, 0.2) is 6.04 Å². The van der Waals surface area contributed by atoms with Crippen LogP contribution in [0.1, 0.15) is 34.6 Å². The van der Waals surface area contributed by atoms with Crippen molar-refractivity contribution in [3.05, 3.63) is 106 Å². The zero-order chi connectivity index (χ0) is 24.1. The second kappa shape index (κ2) is 9.78. The summed E-state index contributed by atoms with van der Waals surface area (Å²) in [5.41, 5.74) is 3.62. The predicted molar refractivity (Wildman–Crippen MR) is 127 cm³/mol. The number of aromatic nitrogens is 2. The van der Waals surface area contributed by atoms with Crippen molar-refractivity contribution in [1.82, 2.24) is 20.9 Å². The molecule has 0 aliphatic carbocycles. The lowest BCUT2D eigenvalue weighted by molar-refractivity contribution is -0.123. The maximum atomic E-state index is 13.2. The molecule has 0 fully saturated rings. The highest BCUT2D eigenvalue weighted by Crippen LogP contribution is 2.20. The molecule has 2 amide bonds. The molecule has 9 heteroatoms. The fourth-order valence-corrected chi connectivity index (χ4v) is 3.42. The Morgan fingerprint density at radius 1 is 0.941 bits per heavy atom. The SMILES string of the molecule is C/C(=N\NC(=O)C(NC(=O)c1ccccc1)c1n[nH]c(=O)c2ccccc12)c1cccc(O)c1. The first-order chi connectivity index (χ1) is 16.4. The first-order valence-corrected chi connectivity index (χ1v) is 10.4. The molecule has 1 aromatic heterocycles. The lowest BCUT2D eigenvalue weighted by atomic mass is 10.0. The normalized spacial score (nSPS) is 12.2. The second-order valence-corrected chi connectivity index (χ2v) is 7.48. The minimum absolute atomic E-state index is 0.0651. The number of nitrogens with one attached hydrogen (secondary N) is 3. The van der Waals surface area contributed by atoms with Crippen LogP contribution in [-0.4, -0.2) is 32.8 Å². The van der Waals surface area contributed by atoms with Gasteiger partial charge >= 0.3 is 0 Å². The molecule has 4 N–H and O–H groups in total. The Kier molecular flexibility index (Phi) is 6.45. The monoisotopic (exact) mass is 455 g/mol. The molecule has 1 atom stereocenters. The minimum atomic E-state index is -1.25. The van der Waals surface area contributed by atoms with E-state index in [-0.39, 0.29) is 11.4 Å². The number of hydrogen-bond donors (Lipinski definition) is 4. The lowest BCUT2D eigenvalue weighted by Gasteiger charge is -2.18. The molecular weight excluding hydrogens is 434 g/mol. The van der Waals surface area contributed by atoms with E-state index < -0.39 is 23.4 Å². The first kappa shape index (κ1) is 22.4. The fraction of sp³-hybridized carbons (Fsp3) is 0.0800. The summed E-state index contributed by atoms with van der Waals surface area (Å²) < 4.78 is 0. The number of carbonyl (C=O) groups excluding carboxylic acids is 2. The Morgan fingerprint density at radius 3 is 2.35 bits per heavy atom. The molecular formula is C25H21N5O4. The number of phenolic OH excluding ortho intramolecular Hbond substituents is 1. The van der Waals surface area contributed by atoms with Crippen molar-refractivity contribution >= 4 is 28.3 Å². The molecule has 0 saturated carbocycles. The fourth-order valence-electron chi connectivity index (χ4n) is 3.42. The van der Waals surface area contributed by atoms with Crippen LogP contribution in [0.15, 0.2) is 88.8 Å². The van der Waals surface area contributed by atoms with Crippen LogP contribution in [0.5, 0.6) is 5.75 Å². The Labute approximate surface area is 194 Å². The van der Waals surface area contributed by atoms with Crippen molar-refractivity contribution in [2.24, 2.45) is 5.10 Å². The molecule has 4 rings (SSSR count). The van der Waals surface area contributed by atoms with E-state index in [1.54, 1.807) is 73.7 Å². The number of phenols is 1. The summed E-state index contributed by atoms with van der Waals surface area (Å²) in [5, 5.41) is 23.7. The average Bonchev–Trinajstić information content (AvgIpc) is 2.87. The third kappa shape index (κ3) is 4.83. The molecule has 0 radical (unpaired) electrons. The van der Waals surface area contributed by atoms with Gasteiger partial charge in [0.2, 0.25) is 0 Å². The summed E-state index contributed by atoms with van der Waals surface area (Å²) in [4.78, 5) is 38.3. The number of aromatic amines is 1. The lowest BCUT2D eigenvalue weighted by Crippen LogP contribution is -2.40. The van der Waals surface area contributed by atoms with Crippen LogP contribution >= 0.6 is 0 Å². The Hall–Kier alpha value is -4.79. The molecule has 0 saturated heterocycles. The van der Waals surface area contributed by atoms with Crippen molar-refractivity contribution in [3.8, 4) is 5.75 Å². The molecule has 0 spiro atoms. The average molecular weight is 455 g/mol. The van der Waals surface area contributed by atoms with Gasteiger partial charge in [0.1, 0.15) is 11.4 Å². The highest BCUT2D eigenvalue weighted by Gasteiger charge is 2.27. The number of rotatable bonds is 6. The summed E-state index contributed by atoms with van der Waals surface area (Å²) in [5.74, 6) is -1.09. The van der Waals surface area contributed by atoms with Crippen LogP contribution in [0.2, 0.25) is 0 Å². The molecule has 9 nitrogen and oxygen atoms in total. The molecule has 1 heterocycles. The summed E-state index contributed by atoms with van der Waals surface area (Å²) in [6.07, 6.45) is 0. The first-order valence-electron chi connectivity index (χ1n) is 10.4. The zero-order valence-corrected chi connectivity index (χ0v) is 18.1. The van der Waals surface area contributed by atoms with Crippen LogP contribution in [0, 0.1) is 0 Å². The van der Waals surface area contributed by atoms with Gasteiger partial charge in [0.05, 0.1) is 11.1 Å². The maximum absolute atomic E-state index is 13.2. The second-order valence-electron chi connectivity index (χ2n) is 7.48. The van der Waals surface area contributed by atoms with Crippen LogP contribution in [0.25, 0.3) is 10.8 Å². The van der Waals surface area contributed by atoms with E-state index in [9.17, 15) is 19.5 Å². The van der Waals surface area contributed by atoms with E-state index >= 15 is 0 Å². The minimum Gasteiger partial charge on any atom is -0.508 e. The van der Waals surface area contributed by atoms with Crippen molar-refractivity contribution < 1.29 is 14.7 Å². The highest BCUT2D eigenvalue weighted by molar-refractivity contribution is 6.01. The number of H-pyrrole nitrogens is 1. The third-order valence-corrected chi connectivity index (χ3v) is 5.17. The molecule has 0 aliphatic heterocycles. The van der Waals surface area contributed by atoms with E-state index in [2.05, 4.69) is 26.0 Å². The van der Waals surface area contributed by atoms with E-state index in [0.29, 0.717) is 27.6 Å². The van der Waals surface area contributed by atoms with Crippen LogP contribution < -0.4 is 16.3 Å². The zero-order valence-electron chi connectivity index (χ0n) is 18.1. The number of fused-ring (bicyclic) bond motifs is 1. The van der Waals surface area contributed by atoms with Crippen molar-refractivity contribution in [3.63, 3.8) is 0 Å². The summed E-state index contributed by atoms with van der Waals surface area (Å²) in [6, 6.07) is 20.3. The van der Waals surface area contributed by atoms with Gasteiger partial charge in [-0.3, -0.25) is 14.4 Å². The number of amides is 2. The quantitative estimate of drug-likeness (QED) is 0.262. The highest BCUT2D eigenvalue weighted by atomic mass is 16.3.